The maximum Gasteiger partial charge on any atom is 0.361 e. The highest BCUT2D eigenvalue weighted by atomic mass is 16.5. The van der Waals surface area contributed by atoms with Crippen molar-refractivity contribution in [3.05, 3.63) is 24.0 Å². The SMILES string of the molecule is CCCn1ncnc1Cn1cc(N)c(C(=O)OCC)n1. The van der Waals surface area contributed by atoms with E-state index in [0.717, 1.165) is 18.8 Å². The van der Waals surface area contributed by atoms with Crippen LogP contribution in [0.15, 0.2) is 12.5 Å². The molecule has 2 aromatic heterocycles. The van der Waals surface area contributed by atoms with E-state index >= 15 is 0 Å². The summed E-state index contributed by atoms with van der Waals surface area (Å²) in [5, 5.41) is 8.28. The number of hydrogen-bond acceptors (Lipinski definition) is 6. The van der Waals surface area contributed by atoms with E-state index in [9.17, 15) is 4.79 Å². The zero-order valence-corrected chi connectivity index (χ0v) is 11.6. The average molecular weight is 278 g/mol. The maximum atomic E-state index is 11.6. The van der Waals surface area contributed by atoms with Crippen LogP contribution in [0.25, 0.3) is 0 Å². The van der Waals surface area contributed by atoms with Gasteiger partial charge < -0.3 is 10.5 Å². The summed E-state index contributed by atoms with van der Waals surface area (Å²) in [7, 11) is 0. The largest absolute Gasteiger partial charge is 0.461 e. The van der Waals surface area contributed by atoms with Gasteiger partial charge in [-0.3, -0.25) is 4.68 Å². The maximum absolute atomic E-state index is 11.6. The molecule has 2 heterocycles. The van der Waals surface area contributed by atoms with Crippen LogP contribution < -0.4 is 5.73 Å². The Balaban J connectivity index is 2.16. The summed E-state index contributed by atoms with van der Waals surface area (Å²) in [6, 6.07) is 0. The second kappa shape index (κ2) is 6.18. The van der Waals surface area contributed by atoms with E-state index in [0.29, 0.717) is 12.2 Å². The number of nitrogens with zero attached hydrogens (tertiary/aromatic N) is 5. The molecule has 0 radical (unpaired) electrons. The number of nitrogens with two attached hydrogens (primary N) is 1. The molecule has 0 aliphatic rings. The van der Waals surface area contributed by atoms with Crippen molar-refractivity contribution in [2.24, 2.45) is 0 Å². The summed E-state index contributed by atoms with van der Waals surface area (Å²) >= 11 is 0. The first kappa shape index (κ1) is 14.0. The summed E-state index contributed by atoms with van der Waals surface area (Å²) in [5.41, 5.74) is 6.20. The molecule has 0 unspecified atom stereocenters. The van der Waals surface area contributed by atoms with Crippen molar-refractivity contribution in [3.63, 3.8) is 0 Å². The van der Waals surface area contributed by atoms with E-state index in [2.05, 4.69) is 22.1 Å². The molecule has 0 spiro atoms. The number of carbonyl (C=O) groups is 1. The van der Waals surface area contributed by atoms with Gasteiger partial charge in [-0.05, 0) is 13.3 Å². The fraction of sp³-hybridized carbons (Fsp3) is 0.500. The third-order valence-corrected chi connectivity index (χ3v) is 2.69. The minimum atomic E-state index is -0.515. The van der Waals surface area contributed by atoms with Crippen LogP contribution in [0, 0.1) is 0 Å². The van der Waals surface area contributed by atoms with Gasteiger partial charge in [-0.25, -0.2) is 14.5 Å². The van der Waals surface area contributed by atoms with E-state index < -0.39 is 5.97 Å². The minimum Gasteiger partial charge on any atom is -0.461 e. The van der Waals surface area contributed by atoms with Crippen LogP contribution in [-0.4, -0.2) is 37.1 Å². The van der Waals surface area contributed by atoms with Crippen LogP contribution >= 0.6 is 0 Å². The molecule has 8 heteroatoms. The topological polar surface area (TPSA) is 101 Å². The molecule has 0 bridgehead atoms. The summed E-state index contributed by atoms with van der Waals surface area (Å²) in [6.45, 7) is 5.28. The van der Waals surface area contributed by atoms with Gasteiger partial charge in [-0.1, -0.05) is 6.92 Å². The van der Waals surface area contributed by atoms with Gasteiger partial charge in [0.05, 0.1) is 12.3 Å². The Morgan fingerprint density at radius 2 is 2.25 bits per heavy atom. The molecular formula is C12H18N6O2. The van der Waals surface area contributed by atoms with Crippen LogP contribution in [0.1, 0.15) is 36.6 Å². The quantitative estimate of drug-likeness (QED) is 0.780. The lowest BCUT2D eigenvalue weighted by Gasteiger charge is -2.04. The molecule has 0 aliphatic carbocycles. The van der Waals surface area contributed by atoms with Crippen molar-refractivity contribution >= 4 is 11.7 Å². The van der Waals surface area contributed by atoms with Crippen molar-refractivity contribution in [1.82, 2.24) is 24.5 Å². The normalized spacial score (nSPS) is 10.7. The number of aryl methyl sites for hydroxylation is 1. The van der Waals surface area contributed by atoms with Crippen molar-refractivity contribution in [2.45, 2.75) is 33.4 Å². The van der Waals surface area contributed by atoms with E-state index in [1.807, 2.05) is 4.68 Å². The van der Waals surface area contributed by atoms with Crippen molar-refractivity contribution in [2.75, 3.05) is 12.3 Å². The Kier molecular flexibility index (Phi) is 4.34. The molecule has 8 nitrogen and oxygen atoms in total. The lowest BCUT2D eigenvalue weighted by atomic mass is 10.4. The van der Waals surface area contributed by atoms with Crippen molar-refractivity contribution < 1.29 is 9.53 Å². The van der Waals surface area contributed by atoms with Crippen LogP contribution in [0.4, 0.5) is 5.69 Å². The zero-order chi connectivity index (χ0) is 14.5. The Morgan fingerprint density at radius 3 is 2.95 bits per heavy atom. The highest BCUT2D eigenvalue weighted by Gasteiger charge is 2.16. The molecule has 2 rings (SSSR count). The first-order chi connectivity index (χ1) is 9.65. The van der Waals surface area contributed by atoms with Gasteiger partial charge in [0, 0.05) is 12.7 Å². The molecule has 108 valence electrons. The average Bonchev–Trinajstić information content (AvgIpc) is 2.98. The third kappa shape index (κ3) is 2.95. The van der Waals surface area contributed by atoms with Gasteiger partial charge >= 0.3 is 5.97 Å². The van der Waals surface area contributed by atoms with Crippen LogP contribution in [-0.2, 0) is 17.8 Å². The van der Waals surface area contributed by atoms with Crippen LogP contribution in [0.3, 0.4) is 0 Å². The molecular weight excluding hydrogens is 260 g/mol. The summed E-state index contributed by atoms with van der Waals surface area (Å²) in [6.07, 6.45) is 4.06. The van der Waals surface area contributed by atoms with Gasteiger partial charge in [0.25, 0.3) is 0 Å². The first-order valence-corrected chi connectivity index (χ1v) is 6.52. The number of ether oxygens (including phenoxy) is 1. The Bertz CT molecular complexity index is 589. The van der Waals surface area contributed by atoms with Gasteiger partial charge in [-0.15, -0.1) is 0 Å². The van der Waals surface area contributed by atoms with E-state index in [1.165, 1.54) is 6.33 Å². The molecule has 0 amide bonds. The Morgan fingerprint density at radius 1 is 1.45 bits per heavy atom. The smallest absolute Gasteiger partial charge is 0.361 e. The van der Waals surface area contributed by atoms with Gasteiger partial charge in [-0.2, -0.15) is 10.2 Å². The standard InChI is InChI=1S/C12H18N6O2/c1-3-5-18-10(14-8-15-18)7-17-6-9(13)11(16-17)12(19)20-4-2/h6,8H,3-5,7,13H2,1-2H3. The minimum absolute atomic E-state index is 0.133. The van der Waals surface area contributed by atoms with Crippen molar-refractivity contribution in [1.29, 1.82) is 0 Å². The van der Waals surface area contributed by atoms with Crippen LogP contribution in [0.2, 0.25) is 0 Å². The number of aromatic nitrogens is 5. The monoisotopic (exact) mass is 278 g/mol. The highest BCUT2D eigenvalue weighted by Crippen LogP contribution is 2.11. The summed E-state index contributed by atoms with van der Waals surface area (Å²) in [4.78, 5) is 15.8. The third-order valence-electron chi connectivity index (χ3n) is 2.69. The van der Waals surface area contributed by atoms with E-state index in [-0.39, 0.29) is 12.3 Å². The number of carbonyl (C=O) groups excluding carboxylic acids is 1. The van der Waals surface area contributed by atoms with Gasteiger partial charge in [0.2, 0.25) is 0 Å². The second-order valence-electron chi connectivity index (χ2n) is 4.25. The highest BCUT2D eigenvalue weighted by molar-refractivity contribution is 5.92. The fourth-order valence-corrected chi connectivity index (χ4v) is 1.83. The van der Waals surface area contributed by atoms with Crippen LogP contribution in [0.5, 0.6) is 0 Å². The van der Waals surface area contributed by atoms with E-state index in [4.69, 9.17) is 10.5 Å². The molecule has 0 fully saturated rings. The number of rotatable bonds is 6. The van der Waals surface area contributed by atoms with Crippen molar-refractivity contribution in [3.8, 4) is 0 Å². The number of hydrogen-bond donors (Lipinski definition) is 1. The second-order valence-corrected chi connectivity index (χ2v) is 4.25. The molecule has 0 atom stereocenters. The predicted molar refractivity (Wildman–Crippen MR) is 72.0 cm³/mol. The lowest BCUT2D eigenvalue weighted by molar-refractivity contribution is 0.0519. The number of nitrogen functional groups attached to an aromatic ring is 1. The number of esters is 1. The predicted octanol–water partition coefficient (Wildman–Crippen LogP) is 0.692. The summed E-state index contributed by atoms with van der Waals surface area (Å²) < 4.78 is 8.27. The zero-order valence-electron chi connectivity index (χ0n) is 11.6. The molecule has 0 aliphatic heterocycles. The molecule has 2 N–H and O–H groups in total. The molecule has 0 saturated heterocycles. The van der Waals surface area contributed by atoms with Gasteiger partial charge in [0.15, 0.2) is 5.69 Å². The fourth-order valence-electron chi connectivity index (χ4n) is 1.83. The lowest BCUT2D eigenvalue weighted by Crippen LogP contribution is -2.12. The first-order valence-electron chi connectivity index (χ1n) is 6.52. The number of anilines is 1. The Labute approximate surface area is 116 Å². The molecule has 0 saturated carbocycles. The van der Waals surface area contributed by atoms with E-state index in [1.54, 1.807) is 17.8 Å². The molecule has 2 aromatic rings. The Hall–Kier alpha value is -2.38. The molecule has 0 aromatic carbocycles. The van der Waals surface area contributed by atoms with Gasteiger partial charge in [0.1, 0.15) is 18.7 Å². The summed E-state index contributed by atoms with van der Waals surface area (Å²) in [5.74, 6) is 0.253. The molecule has 20 heavy (non-hydrogen) atoms.